The van der Waals surface area contributed by atoms with Gasteiger partial charge >= 0.3 is 6.18 Å². The molecular weight excluding hydrogens is 233 g/mol. The number of thiophene rings is 1. The molecule has 3 nitrogen and oxygen atoms in total. The molecule has 1 heterocycles. The van der Waals surface area contributed by atoms with Gasteiger partial charge in [0.1, 0.15) is 0 Å². The Hall–Kier alpha value is -0.950. The van der Waals surface area contributed by atoms with Crippen LogP contribution in [0.2, 0.25) is 0 Å². The molecule has 0 saturated heterocycles. The standard InChI is InChI=1S/C8H9F3O3S/c1-13-5-4(3-12)15-7(6(5)14-2)8(9,10)11/h12H,3H2,1-2H3. The van der Waals surface area contributed by atoms with E-state index < -0.39 is 17.7 Å². The minimum absolute atomic E-state index is 0.0580. The quantitative estimate of drug-likeness (QED) is 0.883. The normalized spacial score (nSPS) is 11.6. The first-order valence-corrected chi connectivity index (χ1v) is 4.69. The number of alkyl halides is 3. The lowest BCUT2D eigenvalue weighted by molar-refractivity contribution is -0.135. The van der Waals surface area contributed by atoms with Gasteiger partial charge in [0, 0.05) is 0 Å². The first-order chi connectivity index (χ1) is 6.95. The Labute approximate surface area is 88.0 Å². The number of methoxy groups -OCH3 is 2. The summed E-state index contributed by atoms with van der Waals surface area (Å²) in [5.41, 5.74) is 0. The van der Waals surface area contributed by atoms with E-state index in [4.69, 9.17) is 9.84 Å². The largest absolute Gasteiger partial charge is 0.492 e. The third-order valence-electron chi connectivity index (χ3n) is 1.70. The van der Waals surface area contributed by atoms with Gasteiger partial charge in [0.2, 0.25) is 0 Å². The summed E-state index contributed by atoms with van der Waals surface area (Å²) < 4.78 is 46.9. The molecule has 1 aromatic heterocycles. The van der Waals surface area contributed by atoms with Crippen molar-refractivity contribution in [2.24, 2.45) is 0 Å². The molecule has 0 amide bonds. The van der Waals surface area contributed by atoms with Gasteiger partial charge in [0.25, 0.3) is 0 Å². The van der Waals surface area contributed by atoms with E-state index in [2.05, 4.69) is 4.74 Å². The Morgan fingerprint density at radius 3 is 2.07 bits per heavy atom. The summed E-state index contributed by atoms with van der Waals surface area (Å²) in [5.74, 6) is -0.434. The van der Waals surface area contributed by atoms with Crippen molar-refractivity contribution in [2.75, 3.05) is 14.2 Å². The molecule has 1 N–H and O–H groups in total. The van der Waals surface area contributed by atoms with Gasteiger partial charge in [-0.25, -0.2) is 0 Å². The van der Waals surface area contributed by atoms with Crippen molar-refractivity contribution in [3.8, 4) is 11.5 Å². The maximum absolute atomic E-state index is 12.5. The summed E-state index contributed by atoms with van der Waals surface area (Å²) in [6.45, 7) is -0.514. The van der Waals surface area contributed by atoms with Crippen molar-refractivity contribution in [1.29, 1.82) is 0 Å². The molecule has 0 aliphatic carbocycles. The molecule has 0 spiro atoms. The van der Waals surface area contributed by atoms with Crippen molar-refractivity contribution < 1.29 is 27.8 Å². The van der Waals surface area contributed by atoms with Gasteiger partial charge in [0.15, 0.2) is 16.4 Å². The molecule has 0 radical (unpaired) electrons. The highest BCUT2D eigenvalue weighted by atomic mass is 32.1. The minimum atomic E-state index is -4.50. The van der Waals surface area contributed by atoms with E-state index in [1.807, 2.05) is 0 Å². The SMILES string of the molecule is COc1c(CO)sc(C(F)(F)F)c1OC. The summed E-state index contributed by atoms with van der Waals surface area (Å²) in [4.78, 5) is -0.799. The van der Waals surface area contributed by atoms with Crippen molar-refractivity contribution in [2.45, 2.75) is 12.8 Å². The van der Waals surface area contributed by atoms with Crippen molar-refractivity contribution >= 4 is 11.3 Å². The highest BCUT2D eigenvalue weighted by molar-refractivity contribution is 7.12. The molecule has 0 atom stereocenters. The van der Waals surface area contributed by atoms with Crippen LogP contribution in [0.25, 0.3) is 0 Å². The van der Waals surface area contributed by atoms with Gasteiger partial charge in [-0.15, -0.1) is 11.3 Å². The molecule has 1 rings (SSSR count). The fourth-order valence-corrected chi connectivity index (χ4v) is 2.09. The Morgan fingerprint density at radius 2 is 1.73 bits per heavy atom. The van der Waals surface area contributed by atoms with Crippen LogP contribution in [0.15, 0.2) is 0 Å². The minimum Gasteiger partial charge on any atom is -0.492 e. The van der Waals surface area contributed by atoms with Crippen LogP contribution >= 0.6 is 11.3 Å². The van der Waals surface area contributed by atoms with Crippen LogP contribution in [0, 0.1) is 0 Å². The fourth-order valence-electron chi connectivity index (χ4n) is 1.13. The molecule has 0 aliphatic heterocycles. The third kappa shape index (κ3) is 2.18. The summed E-state index contributed by atoms with van der Waals surface area (Å²) in [6, 6.07) is 0. The maximum atomic E-state index is 12.5. The monoisotopic (exact) mass is 242 g/mol. The number of hydrogen-bond donors (Lipinski definition) is 1. The Balaban J connectivity index is 3.34. The Morgan fingerprint density at radius 1 is 1.20 bits per heavy atom. The molecule has 0 aromatic carbocycles. The number of aliphatic hydroxyl groups is 1. The predicted molar refractivity (Wildman–Crippen MR) is 48.3 cm³/mol. The lowest BCUT2D eigenvalue weighted by atomic mass is 10.3. The van der Waals surface area contributed by atoms with Crippen LogP contribution in [0.3, 0.4) is 0 Å². The second-order valence-corrected chi connectivity index (χ2v) is 3.68. The Kier molecular flexibility index (Phi) is 3.46. The van der Waals surface area contributed by atoms with Gasteiger partial charge in [-0.1, -0.05) is 0 Å². The van der Waals surface area contributed by atoms with Crippen LogP contribution in [-0.2, 0) is 12.8 Å². The highest BCUT2D eigenvalue weighted by Crippen LogP contribution is 2.49. The van der Waals surface area contributed by atoms with Crippen molar-refractivity contribution in [3.63, 3.8) is 0 Å². The molecule has 1 aromatic rings. The number of aliphatic hydroxyl groups excluding tert-OH is 1. The summed E-state index contributed by atoms with van der Waals surface area (Å²) in [7, 11) is 2.35. The van der Waals surface area contributed by atoms with E-state index in [-0.39, 0.29) is 16.4 Å². The fraction of sp³-hybridized carbons (Fsp3) is 0.500. The lowest BCUT2D eigenvalue weighted by Crippen LogP contribution is -2.04. The maximum Gasteiger partial charge on any atom is 0.429 e. The highest BCUT2D eigenvalue weighted by Gasteiger charge is 2.39. The lowest BCUT2D eigenvalue weighted by Gasteiger charge is -2.07. The molecule has 0 unspecified atom stereocenters. The average Bonchev–Trinajstić information content (AvgIpc) is 2.54. The molecule has 0 saturated carbocycles. The molecule has 0 bridgehead atoms. The molecule has 15 heavy (non-hydrogen) atoms. The second-order valence-electron chi connectivity index (χ2n) is 2.58. The van der Waals surface area contributed by atoms with Crippen LogP contribution < -0.4 is 9.47 Å². The zero-order valence-electron chi connectivity index (χ0n) is 8.01. The zero-order valence-corrected chi connectivity index (χ0v) is 8.83. The van der Waals surface area contributed by atoms with Crippen molar-refractivity contribution in [3.05, 3.63) is 9.75 Å². The van der Waals surface area contributed by atoms with E-state index in [9.17, 15) is 13.2 Å². The topological polar surface area (TPSA) is 38.7 Å². The van der Waals surface area contributed by atoms with E-state index in [0.717, 1.165) is 7.11 Å². The molecule has 86 valence electrons. The molecule has 7 heteroatoms. The van der Waals surface area contributed by atoms with Crippen LogP contribution in [0.1, 0.15) is 9.75 Å². The number of rotatable bonds is 3. The van der Waals surface area contributed by atoms with Crippen LogP contribution in [0.5, 0.6) is 11.5 Å². The first-order valence-electron chi connectivity index (χ1n) is 3.87. The van der Waals surface area contributed by atoms with Crippen LogP contribution in [-0.4, -0.2) is 19.3 Å². The summed E-state index contributed by atoms with van der Waals surface area (Å²) in [6.07, 6.45) is -4.50. The molecule has 0 fully saturated rings. The van der Waals surface area contributed by atoms with E-state index >= 15 is 0 Å². The molecular formula is C8H9F3O3S. The number of halogens is 3. The van der Waals surface area contributed by atoms with E-state index in [0.29, 0.717) is 11.3 Å². The van der Waals surface area contributed by atoms with Gasteiger partial charge in [-0.3, -0.25) is 0 Å². The number of ether oxygens (including phenoxy) is 2. The van der Waals surface area contributed by atoms with Crippen molar-refractivity contribution in [1.82, 2.24) is 0 Å². The van der Waals surface area contributed by atoms with Gasteiger partial charge in [-0.2, -0.15) is 13.2 Å². The third-order valence-corrected chi connectivity index (χ3v) is 2.88. The summed E-state index contributed by atoms with van der Waals surface area (Å²) >= 11 is 0.417. The van der Waals surface area contributed by atoms with Gasteiger partial charge < -0.3 is 14.6 Å². The summed E-state index contributed by atoms with van der Waals surface area (Å²) in [5, 5.41) is 8.86. The van der Waals surface area contributed by atoms with E-state index in [1.54, 1.807) is 0 Å². The number of hydrogen-bond acceptors (Lipinski definition) is 4. The molecule has 0 aliphatic rings. The van der Waals surface area contributed by atoms with Gasteiger partial charge in [-0.05, 0) is 0 Å². The second kappa shape index (κ2) is 4.28. The van der Waals surface area contributed by atoms with Gasteiger partial charge in [0.05, 0.1) is 25.7 Å². The average molecular weight is 242 g/mol. The Bertz CT molecular complexity index is 346. The predicted octanol–water partition coefficient (Wildman–Crippen LogP) is 2.28. The first kappa shape index (κ1) is 12.1. The van der Waals surface area contributed by atoms with E-state index in [1.165, 1.54) is 7.11 Å². The van der Waals surface area contributed by atoms with Crippen LogP contribution in [0.4, 0.5) is 13.2 Å². The smallest absolute Gasteiger partial charge is 0.429 e. The zero-order chi connectivity index (χ0) is 11.6.